The summed E-state index contributed by atoms with van der Waals surface area (Å²) in [5, 5.41) is 39.5. The number of carboxylic acids is 1. The number of esters is 5. The number of primary amides is 1. The van der Waals surface area contributed by atoms with Crippen molar-refractivity contribution in [1.29, 1.82) is 5.26 Å². The Labute approximate surface area is 845 Å². The van der Waals surface area contributed by atoms with Gasteiger partial charge in [-0.2, -0.15) is 5.26 Å². The summed E-state index contributed by atoms with van der Waals surface area (Å²) in [6.07, 6.45) is -10.3. The molecule has 0 radical (unpaired) electrons. The minimum Gasteiger partial charge on any atom is -0.480 e. The number of hydrogen-bond donors (Lipinski definition) is 5. The molecule has 0 saturated carbocycles. The van der Waals surface area contributed by atoms with Gasteiger partial charge in [-0.15, -0.1) is 0 Å². The molecule has 40 nitrogen and oxygen atoms in total. The highest BCUT2D eigenvalue weighted by Gasteiger charge is 2.52. The molecule has 0 aromatic heterocycles. The van der Waals surface area contributed by atoms with Gasteiger partial charge in [0.2, 0.25) is 5.91 Å². The molecule has 3 aromatic carbocycles. The number of piperidine rings is 8. The van der Waals surface area contributed by atoms with Gasteiger partial charge in [0.05, 0.1) is 53.8 Å². The van der Waals surface area contributed by atoms with Crippen LogP contribution in [0.3, 0.4) is 0 Å². The van der Waals surface area contributed by atoms with E-state index in [1.807, 2.05) is 66.7 Å². The first-order valence-electron chi connectivity index (χ1n) is 46.8. The monoisotopic (exact) mass is 2110 g/mol. The van der Waals surface area contributed by atoms with E-state index in [-0.39, 0.29) is 109 Å². The molecule has 8 fully saturated rings. The van der Waals surface area contributed by atoms with Gasteiger partial charge in [-0.3, -0.25) is 48.7 Å². The van der Waals surface area contributed by atoms with Crippen LogP contribution in [0, 0.1) is 11.3 Å². The number of nitriles is 1. The Bertz CT molecular complexity index is 4810. The third-order valence-corrected chi connectivity index (χ3v) is 22.3. The Morgan fingerprint density at radius 3 is 1.00 bits per heavy atom. The van der Waals surface area contributed by atoms with E-state index >= 15 is 0 Å². The molecule has 8 aliphatic heterocycles. The zero-order chi connectivity index (χ0) is 111. The minimum absolute atomic E-state index is 0.0143. The van der Waals surface area contributed by atoms with E-state index in [1.54, 1.807) is 113 Å². The van der Waals surface area contributed by atoms with Gasteiger partial charge in [-0.05, 0) is 126 Å². The maximum Gasteiger partial charge on any atom is 0.411 e. The number of halogens is 10. The number of aliphatic carboxylic acids is 1. The van der Waals surface area contributed by atoms with E-state index in [1.165, 1.54) is 31.1 Å². The van der Waals surface area contributed by atoms with Crippen LogP contribution in [-0.4, -0.2) is 340 Å². The van der Waals surface area contributed by atoms with E-state index < -0.39 is 243 Å². The van der Waals surface area contributed by atoms with Crippen molar-refractivity contribution in [3.63, 3.8) is 0 Å². The van der Waals surface area contributed by atoms with Crippen molar-refractivity contribution in [3.8, 4) is 6.07 Å². The molecule has 3 aromatic rings. The predicted octanol–water partition coefficient (Wildman–Crippen LogP) is 13.1. The fourth-order valence-corrected chi connectivity index (χ4v) is 14.9. The molecule has 11 rings (SSSR count). The number of amides is 8. The molecule has 824 valence electrons. The molecule has 147 heavy (non-hydrogen) atoms. The lowest BCUT2D eigenvalue weighted by Crippen LogP contribution is -2.56. The average Bonchev–Trinajstić information content (AvgIpc) is 0.803. The van der Waals surface area contributed by atoms with Crippen molar-refractivity contribution in [3.05, 3.63) is 108 Å². The number of aliphatic hydroxyl groups excluding tert-OH is 2. The van der Waals surface area contributed by atoms with Gasteiger partial charge >= 0.3 is 78.5 Å². The number of nitrogens with two attached hydrogens (primary N) is 1. The highest BCUT2D eigenvalue weighted by molar-refractivity contribution is 5.91. The number of carbonyl (C=O) groups excluding carboxylic acids is 14. The van der Waals surface area contributed by atoms with E-state index in [9.17, 15) is 126 Å². The number of ketones is 1. The molecular weight excluding hydrogens is 1980 g/mol. The Morgan fingerprint density at radius 2 is 0.667 bits per heavy atom. The number of carbonyl (C=O) groups is 15. The largest absolute Gasteiger partial charge is 0.480 e. The molecule has 0 spiro atoms. The summed E-state index contributed by atoms with van der Waals surface area (Å²) in [5.74, 6) is -20.5. The Morgan fingerprint density at radius 1 is 0.381 bits per heavy atom. The van der Waals surface area contributed by atoms with Crippen molar-refractivity contribution in [1.82, 2.24) is 39.6 Å². The first-order valence-corrected chi connectivity index (χ1v) is 46.8. The second-order valence-corrected chi connectivity index (χ2v) is 38.9. The molecule has 0 bridgehead atoms. The van der Waals surface area contributed by atoms with E-state index in [2.05, 4.69) is 29.0 Å². The van der Waals surface area contributed by atoms with Crippen LogP contribution in [0.2, 0.25) is 0 Å². The lowest BCUT2D eigenvalue weighted by Gasteiger charge is -2.38. The summed E-state index contributed by atoms with van der Waals surface area (Å²) in [4.78, 5) is 182. The number of Topliss-reactive ketones (excluding diaryl/α,β-unsaturated/α-hetero) is 1. The third kappa shape index (κ3) is 45.2. The van der Waals surface area contributed by atoms with Gasteiger partial charge in [-0.25, -0.2) is 101 Å². The van der Waals surface area contributed by atoms with Gasteiger partial charge < -0.3 is 83.2 Å². The van der Waals surface area contributed by atoms with Crippen molar-refractivity contribution < 1.29 is 188 Å². The van der Waals surface area contributed by atoms with Crippen molar-refractivity contribution in [2.24, 2.45) is 5.73 Å². The zero-order valence-corrected chi connectivity index (χ0v) is 85.3. The normalized spacial score (nSPS) is 22.6. The number of nitrogens with one attached hydrogen (secondary N) is 1. The van der Waals surface area contributed by atoms with Gasteiger partial charge in [0.1, 0.15) is 96.3 Å². The van der Waals surface area contributed by atoms with Crippen molar-refractivity contribution >= 4 is 90.2 Å². The molecule has 6 N–H and O–H groups in total. The predicted molar refractivity (Wildman–Crippen MR) is 498 cm³/mol. The number of methoxy groups -OCH3 is 5. The SMILES string of the molecule is CC(C)(C)OC(=O)N1CCC(F)(F)CC1C#N.CC(C)(C)OC(=O)N1CCC(F)(F)CC1C(=O)O.CC(C)(C)OC(=O)N1CCC(F)(F)CC1C(N)=O.COC(=O)C1CC(=O)CCN1C(=O)OCc1ccccc1.COC(=O)C1CC(F)(F)CCN1C(=O)OC(C)(C)C.COC(=O)C1CC(F)(F)CCN1C(=O)OCc1ccccc1.COC(=O)C1CC(O)CCN1.COC(=O)C1CC(O)CCN1C(=O)OCc1ccccc1. The van der Waals surface area contributed by atoms with E-state index in [0.29, 0.717) is 25.8 Å². The summed E-state index contributed by atoms with van der Waals surface area (Å²) in [6, 6.07) is 20.6. The number of likely N-dealkylation sites (tertiary alicyclic amines) is 7. The van der Waals surface area contributed by atoms with Gasteiger partial charge in [0, 0.05) is 129 Å². The van der Waals surface area contributed by atoms with Gasteiger partial charge in [0.25, 0.3) is 29.6 Å². The molecule has 50 heteroatoms. The topological polar surface area (TPSA) is 512 Å². The fourth-order valence-electron chi connectivity index (χ4n) is 14.9. The summed E-state index contributed by atoms with van der Waals surface area (Å²) >= 11 is 0. The summed E-state index contributed by atoms with van der Waals surface area (Å²) in [6.45, 7) is 20.1. The van der Waals surface area contributed by atoms with Crippen molar-refractivity contribution in [2.45, 2.75) is 318 Å². The quantitative estimate of drug-likeness (QED) is 0.0603. The highest BCUT2D eigenvalue weighted by atomic mass is 19.3. The Hall–Kier alpha value is -12.8. The zero-order valence-electron chi connectivity index (χ0n) is 85.3. The lowest BCUT2D eigenvalue weighted by molar-refractivity contribution is -0.156. The van der Waals surface area contributed by atoms with E-state index in [0.717, 1.165) is 55.4 Å². The number of benzene rings is 3. The van der Waals surface area contributed by atoms with Crippen LogP contribution >= 0.6 is 0 Å². The smallest absolute Gasteiger partial charge is 0.411 e. The molecule has 10 atom stereocenters. The molecule has 10 unspecified atom stereocenters. The van der Waals surface area contributed by atoms with Gasteiger partial charge in [0.15, 0.2) is 0 Å². The first kappa shape index (κ1) is 126. The average molecular weight is 2110 g/mol. The van der Waals surface area contributed by atoms with Crippen molar-refractivity contribution in [2.75, 3.05) is 87.9 Å². The summed E-state index contributed by atoms with van der Waals surface area (Å²) in [7, 11) is 6.04. The summed E-state index contributed by atoms with van der Waals surface area (Å²) in [5.41, 5.74) is 4.57. The second kappa shape index (κ2) is 56.9. The van der Waals surface area contributed by atoms with Gasteiger partial charge in [-0.1, -0.05) is 91.0 Å². The number of ether oxygens (including phenoxy) is 12. The standard InChI is InChI=1S/C15H17F2NO4.C15H19NO5.C15H17NO5.C12H19F2NO4.C11H18F2N2O3.C11H16F2N2O2.C11H17F2NO4.C7H13NO3/c1-21-13(19)12-9-15(16,17)7-8-18(12)14(20)22-10-11-5-3-2-4-6-11;2*1-20-14(18)13-9-12(17)7-8-16(13)15(19)21-10-11-5-3-2-4-6-11;1-11(2,3)19-10(17)15-6-5-12(13,14)7-8(15)9(16)18-4;1-10(2,3)18-9(17)15-5-4-11(12,13)6-7(15)8(14)16;1-10(2,3)17-9(16)15-5-4-11(12,13)6-8(15)7-14;1-10(2,3)18-9(17)14-5-4-11(12,13)6-7(14)8(15)16;1-11-7(10)6-4-5(9)2-3-8-6/h2-6,12H,7-10H2,1H3;2-6,12-13,17H,7-10H2,1H3;2-6,13H,7-10H2,1H3;8H,5-7H2,1-4H3;7H,4-6H2,1-3H3,(H2,14,16);8H,4-6H2,1-3H3;7H,4-6H2,1-3H3,(H,15,16);5-6,8-9H,2-4H2,1H3. The summed E-state index contributed by atoms with van der Waals surface area (Å²) < 4.78 is 191. The maximum absolute atomic E-state index is 13.5. The maximum atomic E-state index is 13.5. The molecule has 8 heterocycles. The van der Waals surface area contributed by atoms with Crippen LogP contribution in [0.15, 0.2) is 91.0 Å². The molecule has 8 aliphatic rings. The number of nitrogens with zero attached hydrogens (tertiary/aromatic N) is 8. The van der Waals surface area contributed by atoms with E-state index in [4.69, 9.17) is 49.3 Å². The Balaban J connectivity index is 0.000000352. The molecule has 8 saturated heterocycles. The second-order valence-electron chi connectivity index (χ2n) is 38.9. The van der Waals surface area contributed by atoms with Crippen LogP contribution in [-0.2, 0) is 115 Å². The lowest BCUT2D eigenvalue weighted by atomic mass is 9.98. The minimum atomic E-state index is -3.05. The third-order valence-electron chi connectivity index (χ3n) is 22.3. The molecular formula is C97H136F10N10O30. The number of alkyl halides is 10. The van der Waals surface area contributed by atoms with Crippen LogP contribution in [0.25, 0.3) is 0 Å². The number of carboxylic acid groups (broad SMARTS) is 1. The number of rotatable bonds is 13. The Kier molecular flexibility index (Phi) is 49.0. The highest BCUT2D eigenvalue weighted by Crippen LogP contribution is 2.39. The van der Waals surface area contributed by atoms with Crippen LogP contribution < -0.4 is 11.1 Å². The first-order chi connectivity index (χ1) is 68.1. The molecule has 0 aliphatic carbocycles. The number of hydrogen-bond acceptors (Lipinski definition) is 31. The fraction of sp³-hybridized carbons (Fsp3) is 0.649. The van der Waals surface area contributed by atoms with Crippen LogP contribution in [0.1, 0.15) is 203 Å². The molecule has 8 amide bonds. The van der Waals surface area contributed by atoms with Crippen LogP contribution in [0.5, 0.6) is 0 Å². The van der Waals surface area contributed by atoms with Crippen LogP contribution in [0.4, 0.5) is 77.5 Å². The number of aliphatic hydroxyl groups is 2.